The highest BCUT2D eigenvalue weighted by Crippen LogP contribution is 2.22. The number of nitrogens with one attached hydrogen (secondary N) is 1. The number of hydrogen-bond acceptors (Lipinski definition) is 10. The van der Waals surface area contributed by atoms with Crippen LogP contribution in [0.15, 0.2) is 59.5 Å². The van der Waals surface area contributed by atoms with Gasteiger partial charge in [-0.25, -0.2) is 21.6 Å². The van der Waals surface area contributed by atoms with Crippen molar-refractivity contribution in [1.29, 1.82) is 0 Å². The summed E-state index contributed by atoms with van der Waals surface area (Å²) in [5.41, 5.74) is 0.812. The molecule has 2 N–H and O–H groups in total. The quantitative estimate of drug-likeness (QED) is 0.350. The SMILES string of the molecule is COc1ccc(S(=O)(=O)N(CC(C)C)C[C@H](O)[C@@H](Cc2ccccc2)NC(=O)OC2COCCS(=O)(=O)CCOC2)cc1. The number of benzene rings is 2. The van der Waals surface area contributed by atoms with Crippen LogP contribution >= 0.6 is 0 Å². The summed E-state index contributed by atoms with van der Waals surface area (Å²) in [4.78, 5) is 13.1. The number of rotatable bonds is 12. The predicted octanol–water partition coefficient (Wildman–Crippen LogP) is 1.87. The number of aliphatic hydroxyl groups is 1. The summed E-state index contributed by atoms with van der Waals surface area (Å²) in [5.74, 6) is 0.143. The van der Waals surface area contributed by atoms with E-state index in [1.165, 1.54) is 23.5 Å². The number of ether oxygens (including phenoxy) is 4. The molecular formula is C29H42N2O10S2. The van der Waals surface area contributed by atoms with Crippen LogP contribution in [0.2, 0.25) is 0 Å². The predicted molar refractivity (Wildman–Crippen MR) is 160 cm³/mol. The number of amides is 1. The number of methoxy groups -OCH3 is 1. The number of sulfonamides is 1. The Labute approximate surface area is 254 Å². The molecule has 43 heavy (non-hydrogen) atoms. The lowest BCUT2D eigenvalue weighted by atomic mass is 10.0. The zero-order valence-corrected chi connectivity index (χ0v) is 26.4. The zero-order chi connectivity index (χ0) is 31.5. The fourth-order valence-corrected chi connectivity index (χ4v) is 6.99. The summed E-state index contributed by atoms with van der Waals surface area (Å²) in [6.07, 6.45) is -2.77. The van der Waals surface area contributed by atoms with E-state index in [2.05, 4.69) is 5.32 Å². The molecule has 1 heterocycles. The van der Waals surface area contributed by atoms with Crippen LogP contribution in [0.5, 0.6) is 5.75 Å². The van der Waals surface area contributed by atoms with Crippen molar-refractivity contribution in [2.75, 3.05) is 58.1 Å². The molecule has 3 rings (SSSR count). The number of alkyl carbamates (subject to hydrolysis) is 1. The lowest BCUT2D eigenvalue weighted by Crippen LogP contribution is -2.52. The summed E-state index contributed by atoms with van der Waals surface area (Å²) < 4.78 is 73.6. The van der Waals surface area contributed by atoms with Gasteiger partial charge in [-0.15, -0.1) is 0 Å². The third-order valence-corrected chi connectivity index (χ3v) is 10.1. The van der Waals surface area contributed by atoms with Crippen molar-refractivity contribution >= 4 is 26.0 Å². The van der Waals surface area contributed by atoms with E-state index in [4.69, 9.17) is 18.9 Å². The van der Waals surface area contributed by atoms with Crippen LogP contribution in [0.25, 0.3) is 0 Å². The molecule has 240 valence electrons. The number of carbonyl (C=O) groups is 1. The van der Waals surface area contributed by atoms with E-state index >= 15 is 0 Å². The maximum absolute atomic E-state index is 13.6. The van der Waals surface area contributed by atoms with Crippen LogP contribution in [-0.4, -0.2) is 109 Å². The van der Waals surface area contributed by atoms with Crippen LogP contribution < -0.4 is 10.1 Å². The molecule has 0 aliphatic carbocycles. The van der Waals surface area contributed by atoms with Gasteiger partial charge in [0.2, 0.25) is 10.0 Å². The Morgan fingerprint density at radius 3 is 2.19 bits per heavy atom. The molecule has 0 spiro atoms. The van der Waals surface area contributed by atoms with Crippen molar-refractivity contribution in [2.45, 2.75) is 43.4 Å². The molecule has 2 aromatic rings. The molecule has 0 saturated carbocycles. The molecule has 1 saturated heterocycles. The fourth-order valence-electron chi connectivity index (χ4n) is 4.42. The first-order valence-corrected chi connectivity index (χ1v) is 17.3. The van der Waals surface area contributed by atoms with Crippen LogP contribution in [0.3, 0.4) is 0 Å². The van der Waals surface area contributed by atoms with Crippen molar-refractivity contribution in [3.8, 4) is 5.75 Å². The lowest BCUT2D eigenvalue weighted by Gasteiger charge is -2.31. The molecule has 0 aromatic heterocycles. The van der Waals surface area contributed by atoms with Crippen molar-refractivity contribution in [1.82, 2.24) is 9.62 Å². The van der Waals surface area contributed by atoms with Crippen LogP contribution in [-0.2, 0) is 40.5 Å². The lowest BCUT2D eigenvalue weighted by molar-refractivity contribution is -0.0264. The summed E-state index contributed by atoms with van der Waals surface area (Å²) >= 11 is 0. The summed E-state index contributed by atoms with van der Waals surface area (Å²) in [6.45, 7) is 3.39. The molecule has 14 heteroatoms. The number of carbonyl (C=O) groups excluding carboxylic acids is 1. The average molecular weight is 643 g/mol. The average Bonchev–Trinajstić information content (AvgIpc) is 2.96. The van der Waals surface area contributed by atoms with Crippen LogP contribution in [0, 0.1) is 5.92 Å². The molecule has 2 atom stereocenters. The monoisotopic (exact) mass is 642 g/mol. The van der Waals surface area contributed by atoms with E-state index in [0.29, 0.717) is 5.75 Å². The van der Waals surface area contributed by atoms with Crippen LogP contribution in [0.1, 0.15) is 19.4 Å². The number of sulfone groups is 1. The van der Waals surface area contributed by atoms with Crippen molar-refractivity contribution in [3.63, 3.8) is 0 Å². The van der Waals surface area contributed by atoms with Gasteiger partial charge in [-0.05, 0) is 42.2 Å². The van der Waals surface area contributed by atoms with E-state index in [1.807, 2.05) is 44.2 Å². The minimum Gasteiger partial charge on any atom is -0.497 e. The van der Waals surface area contributed by atoms with E-state index < -0.39 is 44.2 Å². The molecule has 1 fully saturated rings. The molecule has 1 aliphatic rings. The highest BCUT2D eigenvalue weighted by molar-refractivity contribution is 7.91. The van der Waals surface area contributed by atoms with Crippen molar-refractivity contribution in [2.24, 2.45) is 5.92 Å². The van der Waals surface area contributed by atoms with Crippen molar-refractivity contribution in [3.05, 3.63) is 60.2 Å². The topological polar surface area (TPSA) is 158 Å². The Kier molecular flexibility index (Phi) is 13.2. The minimum absolute atomic E-state index is 0.0342. The van der Waals surface area contributed by atoms with Gasteiger partial charge in [0.25, 0.3) is 0 Å². The molecule has 2 aromatic carbocycles. The smallest absolute Gasteiger partial charge is 0.407 e. The van der Waals surface area contributed by atoms with E-state index in [-0.39, 0.29) is 68.3 Å². The number of aliphatic hydroxyl groups excluding tert-OH is 1. The number of nitrogens with zero attached hydrogens (tertiary/aromatic N) is 1. The molecule has 0 radical (unpaired) electrons. The molecule has 1 amide bonds. The summed E-state index contributed by atoms with van der Waals surface area (Å²) in [5, 5.41) is 14.1. The van der Waals surface area contributed by atoms with Crippen LogP contribution in [0.4, 0.5) is 4.79 Å². The zero-order valence-electron chi connectivity index (χ0n) is 24.8. The Balaban J connectivity index is 1.76. The third-order valence-electron chi connectivity index (χ3n) is 6.68. The van der Waals surface area contributed by atoms with E-state index in [9.17, 15) is 26.7 Å². The normalized spacial score (nSPS) is 18.1. The maximum Gasteiger partial charge on any atom is 0.407 e. The van der Waals surface area contributed by atoms with E-state index in [1.54, 1.807) is 12.1 Å². The molecular weight excluding hydrogens is 600 g/mol. The second-order valence-electron chi connectivity index (χ2n) is 10.7. The van der Waals surface area contributed by atoms with Gasteiger partial charge in [-0.2, -0.15) is 4.31 Å². The van der Waals surface area contributed by atoms with Gasteiger partial charge in [-0.1, -0.05) is 44.2 Å². The van der Waals surface area contributed by atoms with E-state index in [0.717, 1.165) is 5.56 Å². The highest BCUT2D eigenvalue weighted by Gasteiger charge is 2.32. The molecule has 1 aliphatic heterocycles. The minimum atomic E-state index is -4.00. The Morgan fingerprint density at radius 1 is 1.02 bits per heavy atom. The Morgan fingerprint density at radius 2 is 1.63 bits per heavy atom. The maximum atomic E-state index is 13.6. The third kappa shape index (κ3) is 11.4. The van der Waals surface area contributed by atoms with Gasteiger partial charge in [0.05, 0.1) is 62.1 Å². The first kappa shape index (κ1) is 34.7. The summed E-state index contributed by atoms with van der Waals surface area (Å²) in [7, 11) is -5.79. The van der Waals surface area contributed by atoms with Gasteiger partial charge in [0, 0.05) is 13.1 Å². The Bertz CT molecular complexity index is 1340. The molecule has 0 bridgehead atoms. The van der Waals surface area contributed by atoms with Gasteiger partial charge in [-0.3, -0.25) is 0 Å². The standard InChI is InChI=1S/C29H42N2O10S2/c1-22(2)18-31(43(36,37)26-11-9-24(38-3)10-12-26)19-28(32)27(17-23-7-5-4-6-8-23)30-29(33)41-25-20-39-13-15-42(34,35)16-14-40-21-25/h4-12,22,25,27-28,32H,13-21H2,1-3H3,(H,30,33)/t27-,28+/m1/s1. The fraction of sp³-hybridized carbons (Fsp3) is 0.552. The first-order valence-electron chi connectivity index (χ1n) is 14.1. The Hall–Kier alpha value is -2.75. The van der Waals surface area contributed by atoms with Gasteiger partial charge < -0.3 is 29.4 Å². The van der Waals surface area contributed by atoms with Gasteiger partial charge >= 0.3 is 6.09 Å². The first-order chi connectivity index (χ1) is 20.4. The van der Waals surface area contributed by atoms with Gasteiger partial charge in [0.1, 0.15) is 5.75 Å². The highest BCUT2D eigenvalue weighted by atomic mass is 32.2. The van der Waals surface area contributed by atoms with Gasteiger partial charge in [0.15, 0.2) is 15.9 Å². The second kappa shape index (κ2) is 16.4. The largest absolute Gasteiger partial charge is 0.497 e. The number of hydrogen-bond donors (Lipinski definition) is 2. The summed E-state index contributed by atoms with van der Waals surface area (Å²) in [6, 6.07) is 14.3. The molecule has 0 unspecified atom stereocenters. The molecule has 12 nitrogen and oxygen atoms in total. The van der Waals surface area contributed by atoms with Crippen molar-refractivity contribution < 1.29 is 45.7 Å². The second-order valence-corrected chi connectivity index (χ2v) is 15.0.